The minimum atomic E-state index is 0. The number of carbonyl (C=O) groups is 1. The van der Waals surface area contributed by atoms with Gasteiger partial charge >= 0.3 is 0 Å². The molecule has 22 heavy (non-hydrogen) atoms. The van der Waals surface area contributed by atoms with Crippen LogP contribution in [0.15, 0.2) is 24.3 Å². The van der Waals surface area contributed by atoms with Crippen LogP contribution in [0.4, 0.5) is 0 Å². The highest BCUT2D eigenvalue weighted by Crippen LogP contribution is 2.14. The Balaban J connectivity index is 0.00000242. The third-order valence-corrected chi connectivity index (χ3v) is 3.67. The van der Waals surface area contributed by atoms with Crippen LogP contribution in [0.2, 0.25) is 0 Å². The van der Waals surface area contributed by atoms with Gasteiger partial charge in [0.25, 0.3) is 0 Å². The lowest BCUT2D eigenvalue weighted by atomic mass is 10.1. The van der Waals surface area contributed by atoms with Gasteiger partial charge in [0.05, 0.1) is 12.2 Å². The first-order valence-electron chi connectivity index (χ1n) is 7.72. The minimum Gasteiger partial charge on any atom is -0.492 e. The SMILES string of the molecule is CCC(=O)c1ccc(OCCN2CC(C)OC(C)C2)cc1.Cl. The molecule has 5 heteroatoms. The maximum absolute atomic E-state index is 11.5. The lowest BCUT2D eigenvalue weighted by molar-refractivity contribution is -0.0699. The standard InChI is InChI=1S/C17H25NO3.ClH/c1-4-17(19)15-5-7-16(8-6-15)20-10-9-18-11-13(2)21-14(3)12-18;/h5-8,13-14H,4,9-12H2,1-3H3;1H. The summed E-state index contributed by atoms with van der Waals surface area (Å²) in [7, 11) is 0. The summed E-state index contributed by atoms with van der Waals surface area (Å²) in [6.07, 6.45) is 1.11. The average Bonchev–Trinajstić information content (AvgIpc) is 2.46. The quantitative estimate of drug-likeness (QED) is 0.752. The molecule has 0 bridgehead atoms. The topological polar surface area (TPSA) is 38.8 Å². The van der Waals surface area contributed by atoms with Crippen molar-refractivity contribution in [1.82, 2.24) is 4.90 Å². The van der Waals surface area contributed by atoms with E-state index in [1.807, 2.05) is 31.2 Å². The molecule has 1 aromatic carbocycles. The molecule has 1 aliphatic rings. The molecule has 0 radical (unpaired) electrons. The average molecular weight is 328 g/mol. The summed E-state index contributed by atoms with van der Waals surface area (Å²) < 4.78 is 11.5. The Bertz CT molecular complexity index is 453. The van der Waals surface area contributed by atoms with Gasteiger partial charge in [-0.05, 0) is 38.1 Å². The van der Waals surface area contributed by atoms with Gasteiger partial charge in [-0.15, -0.1) is 12.4 Å². The zero-order chi connectivity index (χ0) is 15.2. The van der Waals surface area contributed by atoms with Gasteiger partial charge in [-0.3, -0.25) is 9.69 Å². The number of hydrogen-bond acceptors (Lipinski definition) is 4. The highest BCUT2D eigenvalue weighted by molar-refractivity contribution is 5.95. The van der Waals surface area contributed by atoms with Crippen molar-refractivity contribution in [3.05, 3.63) is 29.8 Å². The zero-order valence-electron chi connectivity index (χ0n) is 13.6. The van der Waals surface area contributed by atoms with E-state index in [4.69, 9.17) is 9.47 Å². The molecule has 1 aliphatic heterocycles. The number of ketones is 1. The Labute approximate surface area is 139 Å². The Kier molecular flexibility index (Phi) is 7.87. The number of carbonyl (C=O) groups excluding carboxylic acids is 1. The maximum atomic E-state index is 11.5. The van der Waals surface area contributed by atoms with Gasteiger partial charge < -0.3 is 9.47 Å². The molecule has 1 heterocycles. The predicted octanol–water partition coefficient (Wildman–Crippen LogP) is 3.19. The molecule has 0 N–H and O–H groups in total. The zero-order valence-corrected chi connectivity index (χ0v) is 14.4. The predicted molar refractivity (Wildman–Crippen MR) is 90.3 cm³/mol. The van der Waals surface area contributed by atoms with E-state index in [-0.39, 0.29) is 30.4 Å². The summed E-state index contributed by atoms with van der Waals surface area (Å²) >= 11 is 0. The first kappa shape index (κ1) is 18.9. The molecule has 1 aromatic rings. The summed E-state index contributed by atoms with van der Waals surface area (Å²) in [6, 6.07) is 7.40. The van der Waals surface area contributed by atoms with Crippen molar-refractivity contribution in [3.63, 3.8) is 0 Å². The number of benzene rings is 1. The summed E-state index contributed by atoms with van der Waals surface area (Å²) in [6.45, 7) is 9.54. The third-order valence-electron chi connectivity index (χ3n) is 3.67. The Morgan fingerprint density at radius 3 is 2.36 bits per heavy atom. The monoisotopic (exact) mass is 327 g/mol. The van der Waals surface area contributed by atoms with Crippen LogP contribution < -0.4 is 4.74 Å². The summed E-state index contributed by atoms with van der Waals surface area (Å²) in [4.78, 5) is 13.9. The fourth-order valence-electron chi connectivity index (χ4n) is 2.70. The van der Waals surface area contributed by atoms with E-state index in [0.29, 0.717) is 13.0 Å². The molecule has 1 saturated heterocycles. The van der Waals surface area contributed by atoms with Crippen molar-refractivity contribution < 1.29 is 14.3 Å². The molecular formula is C17H26ClNO3. The largest absolute Gasteiger partial charge is 0.492 e. The summed E-state index contributed by atoms with van der Waals surface area (Å²) in [5.41, 5.74) is 0.751. The highest BCUT2D eigenvalue weighted by Gasteiger charge is 2.21. The van der Waals surface area contributed by atoms with Crippen molar-refractivity contribution in [1.29, 1.82) is 0 Å². The molecule has 0 saturated carbocycles. The van der Waals surface area contributed by atoms with E-state index in [0.717, 1.165) is 30.9 Å². The second kappa shape index (κ2) is 9.13. The molecule has 2 rings (SSSR count). The molecule has 0 aliphatic carbocycles. The molecule has 0 amide bonds. The molecule has 0 spiro atoms. The van der Waals surface area contributed by atoms with Crippen LogP contribution in [0.5, 0.6) is 5.75 Å². The molecular weight excluding hydrogens is 302 g/mol. The van der Waals surface area contributed by atoms with Crippen molar-refractivity contribution in [2.24, 2.45) is 0 Å². The van der Waals surface area contributed by atoms with Crippen molar-refractivity contribution >= 4 is 18.2 Å². The first-order chi connectivity index (χ1) is 10.1. The number of nitrogens with zero attached hydrogens (tertiary/aromatic N) is 1. The maximum Gasteiger partial charge on any atom is 0.162 e. The van der Waals surface area contributed by atoms with Gasteiger partial charge in [-0.1, -0.05) is 6.92 Å². The smallest absolute Gasteiger partial charge is 0.162 e. The van der Waals surface area contributed by atoms with E-state index in [1.165, 1.54) is 0 Å². The van der Waals surface area contributed by atoms with Crippen LogP contribution in [0.3, 0.4) is 0 Å². The fraction of sp³-hybridized carbons (Fsp3) is 0.588. The van der Waals surface area contributed by atoms with Crippen LogP contribution in [0, 0.1) is 0 Å². The fourth-order valence-corrected chi connectivity index (χ4v) is 2.70. The normalized spacial score (nSPS) is 22.0. The van der Waals surface area contributed by atoms with Crippen molar-refractivity contribution in [2.75, 3.05) is 26.2 Å². The van der Waals surface area contributed by atoms with Gasteiger partial charge in [0.2, 0.25) is 0 Å². The van der Waals surface area contributed by atoms with Gasteiger partial charge in [-0.25, -0.2) is 0 Å². The van der Waals surface area contributed by atoms with E-state index < -0.39 is 0 Å². The Hall–Kier alpha value is -1.10. The lowest BCUT2D eigenvalue weighted by Crippen LogP contribution is -2.46. The van der Waals surface area contributed by atoms with Gasteiger partial charge in [0.1, 0.15) is 12.4 Å². The summed E-state index contributed by atoms with van der Waals surface area (Å²) in [5.74, 6) is 0.981. The molecule has 2 unspecified atom stereocenters. The summed E-state index contributed by atoms with van der Waals surface area (Å²) in [5, 5.41) is 0. The van der Waals surface area contributed by atoms with Crippen LogP contribution in [-0.4, -0.2) is 49.1 Å². The third kappa shape index (κ3) is 5.59. The lowest BCUT2D eigenvalue weighted by Gasteiger charge is -2.35. The van der Waals surface area contributed by atoms with Crippen LogP contribution in [-0.2, 0) is 4.74 Å². The molecule has 2 atom stereocenters. The molecule has 124 valence electrons. The molecule has 0 aromatic heterocycles. The van der Waals surface area contributed by atoms with E-state index in [2.05, 4.69) is 18.7 Å². The van der Waals surface area contributed by atoms with Gasteiger partial charge in [-0.2, -0.15) is 0 Å². The molecule has 4 nitrogen and oxygen atoms in total. The number of hydrogen-bond donors (Lipinski definition) is 0. The van der Waals surface area contributed by atoms with Gasteiger partial charge in [0, 0.05) is 31.6 Å². The highest BCUT2D eigenvalue weighted by atomic mass is 35.5. The Morgan fingerprint density at radius 2 is 1.82 bits per heavy atom. The second-order valence-electron chi connectivity index (χ2n) is 5.67. The van der Waals surface area contributed by atoms with Crippen molar-refractivity contribution in [3.8, 4) is 5.75 Å². The number of ether oxygens (including phenoxy) is 2. The van der Waals surface area contributed by atoms with Crippen LogP contribution >= 0.6 is 12.4 Å². The number of Topliss-reactive ketones (excluding diaryl/α,β-unsaturated/α-hetero) is 1. The van der Waals surface area contributed by atoms with E-state index in [9.17, 15) is 4.79 Å². The Morgan fingerprint density at radius 1 is 1.23 bits per heavy atom. The number of rotatable bonds is 6. The van der Waals surface area contributed by atoms with E-state index in [1.54, 1.807) is 0 Å². The van der Waals surface area contributed by atoms with Gasteiger partial charge in [0.15, 0.2) is 5.78 Å². The second-order valence-corrected chi connectivity index (χ2v) is 5.67. The van der Waals surface area contributed by atoms with Crippen molar-refractivity contribution in [2.45, 2.75) is 39.4 Å². The van der Waals surface area contributed by atoms with E-state index >= 15 is 0 Å². The number of morpholine rings is 1. The number of halogens is 1. The molecule has 1 fully saturated rings. The van der Waals surface area contributed by atoms with Crippen LogP contribution in [0.25, 0.3) is 0 Å². The van der Waals surface area contributed by atoms with Crippen LogP contribution in [0.1, 0.15) is 37.6 Å². The minimum absolute atomic E-state index is 0. The first-order valence-corrected chi connectivity index (χ1v) is 7.72.